The van der Waals surface area contributed by atoms with Crippen molar-refractivity contribution in [2.45, 2.75) is 0 Å². The van der Waals surface area contributed by atoms with Crippen LogP contribution in [0.5, 0.6) is 0 Å². The molecular formula is C13H8FN3O2. The highest BCUT2D eigenvalue weighted by atomic mass is 19.1. The van der Waals surface area contributed by atoms with Crippen LogP contribution in [0.15, 0.2) is 46.1 Å². The van der Waals surface area contributed by atoms with Gasteiger partial charge in [0.05, 0.1) is 29.7 Å². The third-order valence-corrected chi connectivity index (χ3v) is 2.24. The first-order valence-electron chi connectivity index (χ1n) is 5.27. The minimum Gasteiger partial charge on any atom is -0.463 e. The van der Waals surface area contributed by atoms with Crippen molar-refractivity contribution in [3.63, 3.8) is 0 Å². The van der Waals surface area contributed by atoms with Crippen LogP contribution in [0.1, 0.15) is 21.7 Å². The van der Waals surface area contributed by atoms with Gasteiger partial charge in [-0.1, -0.05) is 0 Å². The third kappa shape index (κ3) is 3.04. The van der Waals surface area contributed by atoms with Crippen molar-refractivity contribution in [2.24, 2.45) is 5.10 Å². The molecule has 5 nitrogen and oxygen atoms in total. The smallest absolute Gasteiger partial charge is 0.274 e. The Balaban J connectivity index is 2.06. The maximum absolute atomic E-state index is 13.5. The van der Waals surface area contributed by atoms with E-state index in [0.717, 1.165) is 6.07 Å². The van der Waals surface area contributed by atoms with Gasteiger partial charge in [0.15, 0.2) is 0 Å². The normalized spacial score (nSPS) is 10.3. The van der Waals surface area contributed by atoms with Gasteiger partial charge in [-0.15, -0.1) is 0 Å². The summed E-state index contributed by atoms with van der Waals surface area (Å²) >= 11 is 0. The summed E-state index contributed by atoms with van der Waals surface area (Å²) in [5, 5.41) is 12.2. The number of benzene rings is 1. The Labute approximate surface area is 108 Å². The molecule has 1 aromatic heterocycles. The fourth-order valence-corrected chi connectivity index (χ4v) is 1.35. The van der Waals surface area contributed by atoms with Crippen LogP contribution in [0.25, 0.3) is 0 Å². The van der Waals surface area contributed by atoms with Crippen LogP contribution in [-0.4, -0.2) is 12.1 Å². The van der Waals surface area contributed by atoms with E-state index in [9.17, 15) is 9.18 Å². The number of nitrogens with zero attached hydrogens (tertiary/aromatic N) is 2. The van der Waals surface area contributed by atoms with Gasteiger partial charge in [-0.25, -0.2) is 9.82 Å². The molecule has 0 aliphatic heterocycles. The lowest BCUT2D eigenvalue weighted by molar-refractivity contribution is 0.0951. The molecule has 0 atom stereocenters. The van der Waals surface area contributed by atoms with Crippen molar-refractivity contribution < 1.29 is 13.6 Å². The van der Waals surface area contributed by atoms with Crippen molar-refractivity contribution in [2.75, 3.05) is 0 Å². The lowest BCUT2D eigenvalue weighted by atomic mass is 10.1. The molecule has 0 unspecified atom stereocenters. The fourth-order valence-electron chi connectivity index (χ4n) is 1.35. The number of hydrogen-bond donors (Lipinski definition) is 1. The zero-order chi connectivity index (χ0) is 13.7. The zero-order valence-corrected chi connectivity index (χ0v) is 9.63. The van der Waals surface area contributed by atoms with E-state index in [2.05, 4.69) is 10.5 Å². The second-order valence-corrected chi connectivity index (χ2v) is 3.52. The predicted molar refractivity (Wildman–Crippen MR) is 64.9 cm³/mol. The van der Waals surface area contributed by atoms with E-state index in [-0.39, 0.29) is 11.1 Å². The van der Waals surface area contributed by atoms with E-state index < -0.39 is 11.7 Å². The second kappa shape index (κ2) is 5.60. The number of hydrogen-bond acceptors (Lipinski definition) is 4. The summed E-state index contributed by atoms with van der Waals surface area (Å²) in [6, 6.07) is 8.68. The summed E-state index contributed by atoms with van der Waals surface area (Å²) in [7, 11) is 0. The van der Waals surface area contributed by atoms with Crippen molar-refractivity contribution in [1.29, 1.82) is 5.26 Å². The topological polar surface area (TPSA) is 78.4 Å². The molecular weight excluding hydrogens is 249 g/mol. The summed E-state index contributed by atoms with van der Waals surface area (Å²) in [4.78, 5) is 11.6. The molecule has 1 heterocycles. The van der Waals surface area contributed by atoms with Crippen LogP contribution >= 0.6 is 0 Å². The highest BCUT2D eigenvalue weighted by Gasteiger charge is 2.11. The van der Waals surface area contributed by atoms with Crippen LogP contribution in [0.4, 0.5) is 4.39 Å². The number of halogens is 1. The van der Waals surface area contributed by atoms with Crippen LogP contribution in [0.3, 0.4) is 0 Å². The van der Waals surface area contributed by atoms with E-state index >= 15 is 0 Å². The van der Waals surface area contributed by atoms with Crippen molar-refractivity contribution in [1.82, 2.24) is 5.43 Å². The number of amides is 1. The molecule has 0 aliphatic carbocycles. The van der Waals surface area contributed by atoms with E-state index in [1.54, 1.807) is 18.2 Å². The molecule has 0 saturated heterocycles. The molecule has 19 heavy (non-hydrogen) atoms. The van der Waals surface area contributed by atoms with Crippen LogP contribution < -0.4 is 5.43 Å². The summed E-state index contributed by atoms with van der Waals surface area (Å²) in [5.74, 6) is -1.02. The monoisotopic (exact) mass is 257 g/mol. The Morgan fingerprint density at radius 2 is 2.32 bits per heavy atom. The van der Waals surface area contributed by atoms with Gasteiger partial charge in [0.1, 0.15) is 11.6 Å². The Morgan fingerprint density at radius 1 is 1.47 bits per heavy atom. The van der Waals surface area contributed by atoms with Gasteiger partial charge in [0, 0.05) is 0 Å². The standard InChI is InChI=1S/C13H8FN3O2/c14-12-6-9(7-15)3-4-11(12)13(18)17-16-8-10-2-1-5-19-10/h1-6,8H,(H,17,18)/b16-8+. The van der Waals surface area contributed by atoms with Gasteiger partial charge < -0.3 is 4.42 Å². The lowest BCUT2D eigenvalue weighted by Crippen LogP contribution is -2.19. The van der Waals surface area contributed by atoms with Crippen LogP contribution in [-0.2, 0) is 0 Å². The van der Waals surface area contributed by atoms with E-state index in [1.165, 1.54) is 24.6 Å². The molecule has 0 aliphatic rings. The number of rotatable bonds is 3. The van der Waals surface area contributed by atoms with Crippen LogP contribution in [0.2, 0.25) is 0 Å². The van der Waals surface area contributed by atoms with Gasteiger partial charge in [-0.3, -0.25) is 4.79 Å². The van der Waals surface area contributed by atoms with E-state index in [0.29, 0.717) is 5.76 Å². The average molecular weight is 257 g/mol. The quantitative estimate of drug-likeness (QED) is 0.675. The molecule has 1 N–H and O–H groups in total. The molecule has 6 heteroatoms. The summed E-state index contributed by atoms with van der Waals surface area (Å²) in [5.41, 5.74) is 2.12. The first kappa shape index (κ1) is 12.5. The highest BCUT2D eigenvalue weighted by molar-refractivity contribution is 5.95. The third-order valence-electron chi connectivity index (χ3n) is 2.24. The maximum Gasteiger partial charge on any atom is 0.274 e. The van der Waals surface area contributed by atoms with Gasteiger partial charge in [0.2, 0.25) is 0 Å². The molecule has 0 radical (unpaired) electrons. The molecule has 0 spiro atoms. The number of carbonyl (C=O) groups excluding carboxylic acids is 1. The molecule has 1 amide bonds. The number of carbonyl (C=O) groups is 1. The minimum absolute atomic E-state index is 0.146. The number of hydrazone groups is 1. The second-order valence-electron chi connectivity index (χ2n) is 3.52. The fraction of sp³-hybridized carbons (Fsp3) is 0. The molecule has 2 rings (SSSR count). The summed E-state index contributed by atoms with van der Waals surface area (Å²) in [6.07, 6.45) is 2.75. The maximum atomic E-state index is 13.5. The number of furan rings is 1. The van der Waals surface area contributed by atoms with Gasteiger partial charge in [0.25, 0.3) is 5.91 Å². The Hall–Kier alpha value is -2.94. The van der Waals surface area contributed by atoms with Crippen molar-refractivity contribution in [3.05, 3.63) is 59.3 Å². The van der Waals surface area contributed by atoms with E-state index in [1.807, 2.05) is 0 Å². The lowest BCUT2D eigenvalue weighted by Gasteiger charge is -2.01. The molecule has 94 valence electrons. The predicted octanol–water partition coefficient (Wildman–Crippen LogP) is 2.05. The Morgan fingerprint density at radius 3 is 2.95 bits per heavy atom. The first-order chi connectivity index (χ1) is 9.20. The Bertz CT molecular complexity index is 657. The molecule has 0 bridgehead atoms. The molecule has 0 fully saturated rings. The number of nitriles is 1. The van der Waals surface area contributed by atoms with Crippen molar-refractivity contribution >= 4 is 12.1 Å². The molecule has 2 aromatic rings. The largest absolute Gasteiger partial charge is 0.463 e. The molecule has 0 saturated carbocycles. The highest BCUT2D eigenvalue weighted by Crippen LogP contribution is 2.09. The van der Waals surface area contributed by atoms with Gasteiger partial charge in [-0.2, -0.15) is 10.4 Å². The Kier molecular flexibility index (Phi) is 3.69. The minimum atomic E-state index is -0.773. The SMILES string of the molecule is N#Cc1ccc(C(=O)N/N=C/c2ccco2)c(F)c1. The number of nitrogens with one attached hydrogen (secondary N) is 1. The summed E-state index contributed by atoms with van der Waals surface area (Å²) < 4.78 is 18.5. The molecule has 1 aromatic carbocycles. The van der Waals surface area contributed by atoms with Crippen LogP contribution in [0, 0.1) is 17.1 Å². The van der Waals surface area contributed by atoms with Gasteiger partial charge >= 0.3 is 0 Å². The van der Waals surface area contributed by atoms with Gasteiger partial charge in [-0.05, 0) is 30.3 Å². The average Bonchev–Trinajstić information content (AvgIpc) is 2.91. The zero-order valence-electron chi connectivity index (χ0n) is 9.63. The van der Waals surface area contributed by atoms with E-state index in [4.69, 9.17) is 9.68 Å². The first-order valence-corrected chi connectivity index (χ1v) is 5.27. The summed E-state index contributed by atoms with van der Waals surface area (Å²) in [6.45, 7) is 0. The van der Waals surface area contributed by atoms with Crippen molar-refractivity contribution in [3.8, 4) is 6.07 Å².